The third kappa shape index (κ3) is 4.69. The Hall–Kier alpha value is -3.60. The standard InChI is InChI=1S/C25H25N3O2/c29-24(22-12-7-13-23(18-22)28-17-15-26-25(28)30)27(19-21-10-5-2-6-11-21)16-14-20-8-3-1-4-9-20/h1-13,18H,14-17,19H2,(H,26,30). The Labute approximate surface area is 176 Å². The number of anilines is 1. The Kier molecular flexibility index (Phi) is 6.09. The van der Waals surface area contributed by atoms with Gasteiger partial charge in [-0.3, -0.25) is 9.69 Å². The monoisotopic (exact) mass is 399 g/mol. The van der Waals surface area contributed by atoms with E-state index in [0.29, 0.717) is 31.7 Å². The molecular formula is C25H25N3O2. The molecule has 1 saturated heterocycles. The van der Waals surface area contributed by atoms with E-state index in [1.165, 1.54) is 5.56 Å². The van der Waals surface area contributed by atoms with Crippen molar-refractivity contribution in [1.82, 2.24) is 10.2 Å². The van der Waals surface area contributed by atoms with Gasteiger partial charge in [0.15, 0.2) is 0 Å². The second kappa shape index (κ2) is 9.27. The summed E-state index contributed by atoms with van der Waals surface area (Å²) in [4.78, 5) is 29.0. The maximum Gasteiger partial charge on any atom is 0.321 e. The predicted octanol–water partition coefficient (Wildman–Crippen LogP) is 4.10. The Morgan fingerprint density at radius 3 is 2.27 bits per heavy atom. The fourth-order valence-corrected chi connectivity index (χ4v) is 3.67. The molecule has 5 nitrogen and oxygen atoms in total. The molecule has 3 amide bonds. The lowest BCUT2D eigenvalue weighted by Crippen LogP contribution is -2.33. The number of hydrogen-bond acceptors (Lipinski definition) is 2. The molecule has 0 saturated carbocycles. The highest BCUT2D eigenvalue weighted by Crippen LogP contribution is 2.20. The van der Waals surface area contributed by atoms with Crippen molar-refractivity contribution in [1.29, 1.82) is 0 Å². The number of carbonyl (C=O) groups is 2. The third-order valence-electron chi connectivity index (χ3n) is 5.28. The highest BCUT2D eigenvalue weighted by molar-refractivity contribution is 5.98. The van der Waals surface area contributed by atoms with Crippen LogP contribution < -0.4 is 10.2 Å². The Balaban J connectivity index is 1.56. The van der Waals surface area contributed by atoms with E-state index in [4.69, 9.17) is 0 Å². The Morgan fingerprint density at radius 1 is 0.900 bits per heavy atom. The molecule has 152 valence electrons. The van der Waals surface area contributed by atoms with Crippen molar-refractivity contribution >= 4 is 17.6 Å². The van der Waals surface area contributed by atoms with Crippen LogP contribution in [0.15, 0.2) is 84.9 Å². The van der Waals surface area contributed by atoms with E-state index < -0.39 is 0 Å². The second-order valence-electron chi connectivity index (χ2n) is 7.38. The molecule has 0 aliphatic carbocycles. The summed E-state index contributed by atoms with van der Waals surface area (Å²) in [6, 6.07) is 27.4. The predicted molar refractivity (Wildman–Crippen MR) is 119 cm³/mol. The van der Waals surface area contributed by atoms with Gasteiger partial charge in [0.1, 0.15) is 0 Å². The lowest BCUT2D eigenvalue weighted by Gasteiger charge is -2.24. The van der Waals surface area contributed by atoms with Crippen molar-refractivity contribution in [2.24, 2.45) is 0 Å². The molecule has 1 heterocycles. The normalized spacial score (nSPS) is 13.2. The van der Waals surface area contributed by atoms with Crippen LogP contribution in [0.2, 0.25) is 0 Å². The van der Waals surface area contributed by atoms with E-state index in [9.17, 15) is 9.59 Å². The van der Waals surface area contributed by atoms with Gasteiger partial charge >= 0.3 is 6.03 Å². The second-order valence-corrected chi connectivity index (χ2v) is 7.38. The first-order chi connectivity index (χ1) is 14.7. The van der Waals surface area contributed by atoms with Gasteiger partial charge in [0.25, 0.3) is 5.91 Å². The first kappa shape index (κ1) is 19.7. The summed E-state index contributed by atoms with van der Waals surface area (Å²) in [7, 11) is 0. The Bertz CT molecular complexity index is 1010. The molecule has 0 spiro atoms. The molecule has 0 bridgehead atoms. The number of nitrogens with zero attached hydrogens (tertiary/aromatic N) is 2. The number of benzene rings is 3. The summed E-state index contributed by atoms with van der Waals surface area (Å²) in [5.74, 6) is -0.0313. The van der Waals surface area contributed by atoms with Crippen LogP contribution >= 0.6 is 0 Å². The van der Waals surface area contributed by atoms with Gasteiger partial charge in [0, 0.05) is 37.4 Å². The topological polar surface area (TPSA) is 52.7 Å². The molecule has 30 heavy (non-hydrogen) atoms. The number of urea groups is 1. The van der Waals surface area contributed by atoms with Crippen LogP contribution in [0.4, 0.5) is 10.5 Å². The lowest BCUT2D eigenvalue weighted by molar-refractivity contribution is 0.0745. The van der Waals surface area contributed by atoms with Crippen LogP contribution in [0, 0.1) is 0 Å². The summed E-state index contributed by atoms with van der Waals surface area (Å²) in [6.07, 6.45) is 0.785. The number of nitrogens with one attached hydrogen (secondary N) is 1. The highest BCUT2D eigenvalue weighted by atomic mass is 16.2. The molecule has 1 aliphatic rings. The van der Waals surface area contributed by atoms with Crippen molar-refractivity contribution in [2.45, 2.75) is 13.0 Å². The quantitative estimate of drug-likeness (QED) is 0.650. The molecule has 0 unspecified atom stereocenters. The van der Waals surface area contributed by atoms with Crippen LogP contribution in [-0.4, -0.2) is 36.5 Å². The van der Waals surface area contributed by atoms with Crippen molar-refractivity contribution in [3.8, 4) is 0 Å². The zero-order chi connectivity index (χ0) is 20.8. The van der Waals surface area contributed by atoms with E-state index in [1.807, 2.05) is 77.7 Å². The largest absolute Gasteiger partial charge is 0.336 e. The average molecular weight is 399 g/mol. The molecule has 0 atom stereocenters. The molecule has 4 rings (SSSR count). The smallest absolute Gasteiger partial charge is 0.321 e. The van der Waals surface area contributed by atoms with Gasteiger partial charge in [0.05, 0.1) is 0 Å². The van der Waals surface area contributed by atoms with Gasteiger partial charge in [-0.1, -0.05) is 66.7 Å². The summed E-state index contributed by atoms with van der Waals surface area (Å²) >= 11 is 0. The minimum Gasteiger partial charge on any atom is -0.336 e. The number of hydrogen-bond donors (Lipinski definition) is 1. The number of carbonyl (C=O) groups excluding carboxylic acids is 2. The summed E-state index contributed by atoms with van der Waals surface area (Å²) in [5, 5.41) is 2.80. The number of rotatable bonds is 7. The SMILES string of the molecule is O=C(c1cccc(N2CCNC2=O)c1)N(CCc1ccccc1)Cc1ccccc1. The summed E-state index contributed by atoms with van der Waals surface area (Å²) in [6.45, 7) is 2.39. The van der Waals surface area contributed by atoms with Gasteiger partial charge in [-0.2, -0.15) is 0 Å². The fraction of sp³-hybridized carbons (Fsp3) is 0.200. The molecule has 5 heteroatoms. The van der Waals surface area contributed by atoms with Crippen LogP contribution in [0.1, 0.15) is 21.5 Å². The van der Waals surface area contributed by atoms with Gasteiger partial charge in [-0.05, 0) is 35.7 Å². The van der Waals surface area contributed by atoms with Crippen LogP contribution in [0.5, 0.6) is 0 Å². The van der Waals surface area contributed by atoms with Crippen molar-refractivity contribution < 1.29 is 9.59 Å². The Morgan fingerprint density at radius 2 is 1.60 bits per heavy atom. The first-order valence-corrected chi connectivity index (χ1v) is 10.2. The van der Waals surface area contributed by atoms with E-state index in [0.717, 1.165) is 17.7 Å². The number of amides is 3. The minimum atomic E-state index is -0.121. The van der Waals surface area contributed by atoms with E-state index in [1.54, 1.807) is 4.90 Å². The van der Waals surface area contributed by atoms with Gasteiger partial charge in [0.2, 0.25) is 0 Å². The zero-order valence-electron chi connectivity index (χ0n) is 16.8. The summed E-state index contributed by atoms with van der Waals surface area (Å²) < 4.78 is 0. The van der Waals surface area contributed by atoms with E-state index in [-0.39, 0.29) is 11.9 Å². The maximum atomic E-state index is 13.4. The molecule has 3 aromatic rings. The fourth-order valence-electron chi connectivity index (χ4n) is 3.67. The maximum absolute atomic E-state index is 13.4. The molecule has 0 radical (unpaired) electrons. The minimum absolute atomic E-state index is 0.0313. The van der Waals surface area contributed by atoms with Gasteiger partial charge in [-0.15, -0.1) is 0 Å². The van der Waals surface area contributed by atoms with Crippen molar-refractivity contribution in [2.75, 3.05) is 24.5 Å². The molecule has 1 aliphatic heterocycles. The average Bonchev–Trinajstić information content (AvgIpc) is 3.23. The third-order valence-corrected chi connectivity index (χ3v) is 5.28. The first-order valence-electron chi connectivity index (χ1n) is 10.2. The highest BCUT2D eigenvalue weighted by Gasteiger charge is 2.23. The molecule has 0 aromatic heterocycles. The van der Waals surface area contributed by atoms with E-state index >= 15 is 0 Å². The van der Waals surface area contributed by atoms with Crippen molar-refractivity contribution in [3.63, 3.8) is 0 Å². The molecule has 3 aromatic carbocycles. The van der Waals surface area contributed by atoms with Crippen LogP contribution in [0.25, 0.3) is 0 Å². The molecule has 1 fully saturated rings. The zero-order valence-corrected chi connectivity index (χ0v) is 16.8. The van der Waals surface area contributed by atoms with Gasteiger partial charge < -0.3 is 10.2 Å². The molecular weight excluding hydrogens is 374 g/mol. The van der Waals surface area contributed by atoms with Gasteiger partial charge in [-0.25, -0.2) is 4.79 Å². The van der Waals surface area contributed by atoms with Crippen LogP contribution in [-0.2, 0) is 13.0 Å². The van der Waals surface area contributed by atoms with Crippen LogP contribution in [0.3, 0.4) is 0 Å². The summed E-state index contributed by atoms with van der Waals surface area (Å²) in [5.41, 5.74) is 3.63. The lowest BCUT2D eigenvalue weighted by atomic mass is 10.1. The molecule has 1 N–H and O–H groups in total. The van der Waals surface area contributed by atoms with Crippen molar-refractivity contribution in [3.05, 3.63) is 102 Å². The van der Waals surface area contributed by atoms with E-state index in [2.05, 4.69) is 17.4 Å².